The van der Waals surface area contributed by atoms with E-state index in [1.807, 2.05) is 6.92 Å². The summed E-state index contributed by atoms with van der Waals surface area (Å²) in [6.45, 7) is 2.36. The van der Waals surface area contributed by atoms with Crippen molar-refractivity contribution in [3.05, 3.63) is 81.6 Å². The Balaban J connectivity index is 0.00000243. The number of ketones is 1. The molecule has 0 spiro atoms. The first kappa shape index (κ1) is 21.1. The molecular weight excluding hydrogens is 623 g/mol. The van der Waals surface area contributed by atoms with Gasteiger partial charge in [0.15, 0.2) is 5.91 Å². The van der Waals surface area contributed by atoms with E-state index in [1.54, 1.807) is 42.5 Å². The van der Waals surface area contributed by atoms with Gasteiger partial charge in [0.1, 0.15) is 5.82 Å². The Hall–Kier alpha value is -1.22. The molecule has 0 aliphatic carbocycles. The maximum atomic E-state index is 14.4. The number of benzene rings is 2. The van der Waals surface area contributed by atoms with Gasteiger partial charge in [-0.2, -0.15) is 6.08 Å². The fourth-order valence-corrected chi connectivity index (χ4v) is 3.22. The van der Waals surface area contributed by atoms with Crippen molar-refractivity contribution < 1.29 is 45.1 Å². The molecule has 1 atom stereocenters. The van der Waals surface area contributed by atoms with Gasteiger partial charge in [0, 0.05) is 53.5 Å². The van der Waals surface area contributed by atoms with Crippen molar-refractivity contribution in [1.82, 2.24) is 4.90 Å². The number of hydrogen-bond acceptors (Lipinski definition) is 2. The first-order chi connectivity index (χ1) is 12.0. The van der Waals surface area contributed by atoms with Crippen molar-refractivity contribution in [3.8, 4) is 0 Å². The third-order valence-electron chi connectivity index (χ3n) is 4.10. The second-order valence-electron chi connectivity index (χ2n) is 5.80. The average Bonchev–Trinajstić information content (AvgIpc) is 2.92. The summed E-state index contributed by atoms with van der Waals surface area (Å²) in [7, 11) is 0. The fraction of sp³-hybridized carbons (Fsp3) is 0.200. The van der Waals surface area contributed by atoms with E-state index >= 15 is 0 Å². The van der Waals surface area contributed by atoms with Gasteiger partial charge < -0.3 is 9.69 Å². The van der Waals surface area contributed by atoms with Crippen LogP contribution in [-0.4, -0.2) is 23.1 Å². The van der Waals surface area contributed by atoms with Crippen LogP contribution in [0.5, 0.6) is 0 Å². The molecule has 6 heteroatoms. The number of carbonyl (C=O) groups is 2. The Bertz CT molecular complexity index is 851. The summed E-state index contributed by atoms with van der Waals surface area (Å²) < 4.78 is 15.2. The van der Waals surface area contributed by atoms with Crippen LogP contribution in [0, 0.1) is 43.0 Å². The molecule has 0 aromatic heterocycles. The van der Waals surface area contributed by atoms with Crippen LogP contribution < -0.4 is 0 Å². The Kier molecular flexibility index (Phi) is 7.40. The zero-order valence-electron chi connectivity index (χ0n) is 14.1. The van der Waals surface area contributed by atoms with Gasteiger partial charge in [-0.1, -0.05) is 58.7 Å². The number of Topliss-reactive ketones (excluding diaryl/α,β-unsaturated/α-hetero) is 1. The van der Waals surface area contributed by atoms with E-state index in [0.29, 0.717) is 24.1 Å². The Morgan fingerprint density at radius 3 is 2.46 bits per heavy atom. The summed E-state index contributed by atoms with van der Waals surface area (Å²) >= 11 is 3.33. The molecule has 0 saturated carbocycles. The van der Waals surface area contributed by atoms with E-state index in [0.717, 1.165) is 4.47 Å². The molecule has 0 N–H and O–H groups in total. The Morgan fingerprint density at radius 1 is 1.19 bits per heavy atom. The summed E-state index contributed by atoms with van der Waals surface area (Å²) in [5.74, 6) is -1.13. The van der Waals surface area contributed by atoms with E-state index in [4.69, 9.17) is 0 Å². The first-order valence-corrected chi connectivity index (χ1v) is 8.81. The summed E-state index contributed by atoms with van der Waals surface area (Å²) in [5.41, 5.74) is 0.943. The van der Waals surface area contributed by atoms with Crippen LogP contribution in [-0.2, 0) is 4.79 Å². The summed E-state index contributed by atoms with van der Waals surface area (Å²) in [6, 6.07) is 12.3. The van der Waals surface area contributed by atoms with Crippen LogP contribution in [0.4, 0.5) is 4.39 Å². The van der Waals surface area contributed by atoms with Crippen molar-refractivity contribution >= 4 is 27.6 Å². The van der Waals surface area contributed by atoms with Gasteiger partial charge in [0.2, 0.25) is 0 Å². The van der Waals surface area contributed by atoms with Crippen LogP contribution in [0.15, 0.2) is 58.6 Å². The molecule has 0 radical (unpaired) electrons. The number of rotatable bonds is 5. The molecule has 1 heterocycles. The summed E-state index contributed by atoms with van der Waals surface area (Å²) in [5, 5.41) is 0. The largest absolute Gasteiger partial charge is 0.401 e. The third kappa shape index (κ3) is 4.19. The molecule has 3 nitrogen and oxygen atoms in total. The predicted molar refractivity (Wildman–Crippen MR) is 96.4 cm³/mol. The zero-order chi connectivity index (χ0) is 18.0. The minimum Gasteiger partial charge on any atom is -0.401 e. The van der Waals surface area contributed by atoms with Gasteiger partial charge in [-0.3, -0.25) is 4.79 Å². The smallest absolute Gasteiger partial charge is 0.156 e. The normalized spacial score (nSPS) is 16.3. The molecular formula is C20H16BrFNO2U-. The molecule has 1 aliphatic rings. The molecule has 2 aromatic carbocycles. The first-order valence-electron chi connectivity index (χ1n) is 8.02. The Labute approximate surface area is 184 Å². The molecule has 0 saturated heterocycles. The number of amides is 1. The zero-order valence-corrected chi connectivity index (χ0v) is 19.9. The second kappa shape index (κ2) is 9.12. The van der Waals surface area contributed by atoms with Crippen molar-refractivity contribution in [1.29, 1.82) is 0 Å². The van der Waals surface area contributed by atoms with Crippen LogP contribution in [0.3, 0.4) is 0 Å². The molecule has 2 aromatic rings. The molecule has 1 aliphatic heterocycles. The number of halogens is 2. The van der Waals surface area contributed by atoms with E-state index in [-0.39, 0.29) is 48.4 Å². The van der Waals surface area contributed by atoms with E-state index in [2.05, 4.69) is 22.0 Å². The quantitative estimate of drug-likeness (QED) is 0.358. The number of carbonyl (C=O) groups excluding carboxylic acids is 2. The molecule has 0 fully saturated rings. The van der Waals surface area contributed by atoms with Gasteiger partial charge >= 0.3 is 0 Å². The van der Waals surface area contributed by atoms with Crippen molar-refractivity contribution in [2.75, 3.05) is 6.54 Å². The fourth-order valence-electron chi connectivity index (χ4n) is 2.96. The van der Waals surface area contributed by atoms with Crippen LogP contribution in [0.1, 0.15) is 35.3 Å². The molecule has 0 bridgehead atoms. The van der Waals surface area contributed by atoms with Gasteiger partial charge in [0.25, 0.3) is 0 Å². The number of hydrogen-bond donors (Lipinski definition) is 0. The topological polar surface area (TPSA) is 37.4 Å². The van der Waals surface area contributed by atoms with E-state index in [9.17, 15) is 14.0 Å². The second-order valence-corrected chi connectivity index (χ2v) is 6.71. The standard InChI is InChI=1S/C20H16BrFNO2.U/c1-2-11-23-18(24)12-16(19(23)15-5-3-4-6-17(15)22)20(25)13-7-9-14(21)10-8-13;/h3-10,19H,2,11H2,1H3;/q-1;. The summed E-state index contributed by atoms with van der Waals surface area (Å²) in [6.07, 6.45) is 3.36. The maximum absolute atomic E-state index is 14.4. The monoisotopic (exact) mass is 638 g/mol. The maximum Gasteiger partial charge on any atom is 0.156 e. The molecule has 26 heavy (non-hydrogen) atoms. The summed E-state index contributed by atoms with van der Waals surface area (Å²) in [4.78, 5) is 26.8. The van der Waals surface area contributed by atoms with Gasteiger partial charge in [0.05, 0.1) is 6.04 Å². The van der Waals surface area contributed by atoms with Gasteiger partial charge in [-0.05, 0) is 24.6 Å². The van der Waals surface area contributed by atoms with E-state index < -0.39 is 11.9 Å². The average molecular weight is 639 g/mol. The molecule has 1 unspecified atom stereocenters. The van der Waals surface area contributed by atoms with Crippen molar-refractivity contribution in [2.45, 2.75) is 19.4 Å². The van der Waals surface area contributed by atoms with Gasteiger partial charge in [-0.25, -0.2) is 4.39 Å². The van der Waals surface area contributed by atoms with Crippen molar-refractivity contribution in [2.24, 2.45) is 0 Å². The van der Waals surface area contributed by atoms with Gasteiger partial charge in [-0.15, -0.1) is 5.57 Å². The molecule has 3 rings (SSSR count). The SMILES string of the molecule is CCCN1C(=O)[C-]=C(C(=O)c2ccc(Br)cc2)C1c1ccccc1F.[U]. The van der Waals surface area contributed by atoms with Crippen LogP contribution in [0.2, 0.25) is 0 Å². The molecule has 1 amide bonds. The van der Waals surface area contributed by atoms with E-state index in [1.165, 1.54) is 11.0 Å². The third-order valence-corrected chi connectivity index (χ3v) is 4.63. The van der Waals surface area contributed by atoms with Crippen molar-refractivity contribution in [3.63, 3.8) is 0 Å². The minimum atomic E-state index is -0.746. The molecule has 132 valence electrons. The number of nitrogens with zero attached hydrogens (tertiary/aromatic N) is 1. The van der Waals surface area contributed by atoms with Crippen LogP contribution in [0.25, 0.3) is 0 Å². The Morgan fingerprint density at radius 2 is 1.85 bits per heavy atom. The van der Waals surface area contributed by atoms with Crippen LogP contribution >= 0.6 is 15.9 Å². The predicted octanol–water partition coefficient (Wildman–Crippen LogP) is 4.49. The minimum absolute atomic E-state index is 0.